The van der Waals surface area contributed by atoms with Crippen molar-refractivity contribution in [3.63, 3.8) is 0 Å². The van der Waals surface area contributed by atoms with Gasteiger partial charge in [-0.05, 0) is 0 Å². The molecule has 1 aromatic heterocycles. The van der Waals surface area contributed by atoms with Gasteiger partial charge in [-0.15, -0.1) is 0 Å². The molecule has 0 aliphatic carbocycles. The molecular formula is C13H19ClN4O2. The number of hydrogen-bond acceptors (Lipinski definition) is 4. The monoisotopic (exact) mass is 298 g/mol. The first-order valence-electron chi connectivity index (χ1n) is 6.22. The normalized spacial score (nSPS) is 10.6. The van der Waals surface area contributed by atoms with Crippen LogP contribution in [0.5, 0.6) is 0 Å². The Labute approximate surface area is 123 Å². The van der Waals surface area contributed by atoms with Gasteiger partial charge in [0.05, 0.1) is 17.8 Å². The number of carbonyl (C=O) groups is 2. The van der Waals surface area contributed by atoms with Crippen LogP contribution >= 0.6 is 11.6 Å². The highest BCUT2D eigenvalue weighted by Gasteiger charge is 2.21. The molecule has 110 valence electrons. The first-order valence-corrected chi connectivity index (χ1v) is 6.59. The van der Waals surface area contributed by atoms with Gasteiger partial charge >= 0.3 is 0 Å². The third kappa shape index (κ3) is 3.90. The summed E-state index contributed by atoms with van der Waals surface area (Å²) in [4.78, 5) is 34.9. The topological polar surface area (TPSA) is 66.4 Å². The zero-order valence-electron chi connectivity index (χ0n) is 12.3. The van der Waals surface area contributed by atoms with Crippen LogP contribution in [0.2, 0.25) is 5.02 Å². The molecule has 0 aliphatic rings. The van der Waals surface area contributed by atoms with Gasteiger partial charge in [0.1, 0.15) is 5.82 Å². The van der Waals surface area contributed by atoms with E-state index in [0.717, 1.165) is 0 Å². The molecule has 0 aromatic carbocycles. The lowest BCUT2D eigenvalue weighted by Gasteiger charge is -2.19. The number of hydrogen-bond donors (Lipinski definition) is 0. The lowest BCUT2D eigenvalue weighted by molar-refractivity contribution is -0.129. The first kappa shape index (κ1) is 16.4. The molecule has 0 fully saturated rings. The minimum Gasteiger partial charge on any atom is -0.347 e. The highest BCUT2D eigenvalue weighted by atomic mass is 35.5. The summed E-state index contributed by atoms with van der Waals surface area (Å²) < 4.78 is 0. The third-order valence-corrected chi connectivity index (χ3v) is 2.98. The molecule has 0 N–H and O–H groups in total. The van der Waals surface area contributed by atoms with E-state index >= 15 is 0 Å². The number of halogens is 1. The second kappa shape index (κ2) is 6.65. The van der Waals surface area contributed by atoms with Crippen molar-refractivity contribution in [2.24, 2.45) is 0 Å². The minimum absolute atomic E-state index is 0.0246. The van der Waals surface area contributed by atoms with Crippen LogP contribution in [0.15, 0.2) is 6.20 Å². The van der Waals surface area contributed by atoms with Crippen molar-refractivity contribution in [3.05, 3.63) is 22.7 Å². The maximum absolute atomic E-state index is 12.3. The second-order valence-corrected chi connectivity index (χ2v) is 5.44. The molecule has 0 bridgehead atoms. The van der Waals surface area contributed by atoms with E-state index < -0.39 is 5.91 Å². The van der Waals surface area contributed by atoms with E-state index in [1.807, 2.05) is 13.8 Å². The third-order valence-electron chi connectivity index (χ3n) is 2.70. The van der Waals surface area contributed by atoms with Crippen LogP contribution in [-0.2, 0) is 4.79 Å². The summed E-state index contributed by atoms with van der Waals surface area (Å²) in [6, 6.07) is 0. The molecule has 0 spiro atoms. The number of carbonyl (C=O) groups excluding carboxylic acids is 2. The number of amides is 2. The predicted octanol–water partition coefficient (Wildman–Crippen LogP) is 1.41. The average Bonchev–Trinajstić information content (AvgIpc) is 2.37. The van der Waals surface area contributed by atoms with Crippen molar-refractivity contribution < 1.29 is 9.59 Å². The zero-order valence-corrected chi connectivity index (χ0v) is 13.1. The van der Waals surface area contributed by atoms with Gasteiger partial charge in [0, 0.05) is 27.1 Å². The SMILES string of the molecule is CC(C)c1ncc(Cl)c(C(=O)N(C)CC(=O)N(C)C)n1. The summed E-state index contributed by atoms with van der Waals surface area (Å²) in [6.45, 7) is 3.83. The Hall–Kier alpha value is -1.69. The molecule has 7 heteroatoms. The Morgan fingerprint density at radius 1 is 1.30 bits per heavy atom. The van der Waals surface area contributed by atoms with Gasteiger partial charge in [-0.2, -0.15) is 0 Å². The summed E-state index contributed by atoms with van der Waals surface area (Å²) in [5.41, 5.74) is 0.124. The van der Waals surface area contributed by atoms with Crippen molar-refractivity contribution >= 4 is 23.4 Å². The molecule has 0 unspecified atom stereocenters. The summed E-state index contributed by atoms with van der Waals surface area (Å²) in [5.74, 6) is 0.0715. The number of aromatic nitrogens is 2. The maximum Gasteiger partial charge on any atom is 0.274 e. The average molecular weight is 299 g/mol. The minimum atomic E-state index is -0.394. The molecule has 0 saturated heterocycles. The van der Waals surface area contributed by atoms with Crippen LogP contribution in [0, 0.1) is 0 Å². The molecule has 20 heavy (non-hydrogen) atoms. The van der Waals surface area contributed by atoms with Crippen molar-refractivity contribution in [1.82, 2.24) is 19.8 Å². The fourth-order valence-electron chi connectivity index (χ4n) is 1.41. The summed E-state index contributed by atoms with van der Waals surface area (Å²) >= 11 is 5.97. The first-order chi connectivity index (χ1) is 9.23. The van der Waals surface area contributed by atoms with Crippen molar-refractivity contribution in [2.75, 3.05) is 27.7 Å². The molecular weight excluding hydrogens is 280 g/mol. The molecule has 1 aromatic rings. The summed E-state index contributed by atoms with van der Waals surface area (Å²) in [6.07, 6.45) is 1.42. The van der Waals surface area contributed by atoms with E-state index in [9.17, 15) is 9.59 Å². The Morgan fingerprint density at radius 3 is 2.40 bits per heavy atom. The van der Waals surface area contributed by atoms with E-state index in [1.165, 1.54) is 23.0 Å². The summed E-state index contributed by atoms with van der Waals surface area (Å²) in [5, 5.41) is 0.184. The van der Waals surface area contributed by atoms with E-state index in [0.29, 0.717) is 5.82 Å². The molecule has 6 nitrogen and oxygen atoms in total. The van der Waals surface area contributed by atoms with Crippen molar-refractivity contribution in [2.45, 2.75) is 19.8 Å². The Balaban J connectivity index is 2.96. The lowest BCUT2D eigenvalue weighted by atomic mass is 10.2. The highest BCUT2D eigenvalue weighted by Crippen LogP contribution is 2.17. The van der Waals surface area contributed by atoms with Crippen LogP contribution in [-0.4, -0.2) is 59.3 Å². The van der Waals surface area contributed by atoms with Crippen LogP contribution < -0.4 is 0 Å². The van der Waals surface area contributed by atoms with E-state index in [1.54, 1.807) is 14.1 Å². The van der Waals surface area contributed by atoms with Gasteiger partial charge < -0.3 is 9.80 Å². The number of rotatable bonds is 4. The fraction of sp³-hybridized carbons (Fsp3) is 0.538. The van der Waals surface area contributed by atoms with Gasteiger partial charge in [0.15, 0.2) is 5.69 Å². The van der Waals surface area contributed by atoms with Crippen LogP contribution in [0.3, 0.4) is 0 Å². The zero-order chi connectivity index (χ0) is 15.4. The molecule has 1 heterocycles. The predicted molar refractivity (Wildman–Crippen MR) is 76.8 cm³/mol. The van der Waals surface area contributed by atoms with Crippen LogP contribution in [0.25, 0.3) is 0 Å². The fourth-order valence-corrected chi connectivity index (χ4v) is 1.58. The van der Waals surface area contributed by atoms with Gasteiger partial charge in [-0.3, -0.25) is 9.59 Å². The van der Waals surface area contributed by atoms with Gasteiger partial charge in [-0.1, -0.05) is 25.4 Å². The largest absolute Gasteiger partial charge is 0.347 e. The van der Waals surface area contributed by atoms with Gasteiger partial charge in [0.25, 0.3) is 5.91 Å². The molecule has 1 rings (SSSR count). The van der Waals surface area contributed by atoms with E-state index in [4.69, 9.17) is 11.6 Å². The summed E-state index contributed by atoms with van der Waals surface area (Å²) in [7, 11) is 4.81. The Morgan fingerprint density at radius 2 is 1.90 bits per heavy atom. The van der Waals surface area contributed by atoms with Crippen LogP contribution in [0.1, 0.15) is 36.1 Å². The van der Waals surface area contributed by atoms with E-state index in [-0.39, 0.29) is 29.1 Å². The molecule has 0 aliphatic heterocycles. The van der Waals surface area contributed by atoms with Crippen LogP contribution in [0.4, 0.5) is 0 Å². The van der Waals surface area contributed by atoms with Gasteiger partial charge in [0.2, 0.25) is 5.91 Å². The standard InChI is InChI=1S/C13H19ClN4O2/c1-8(2)12-15-6-9(14)11(16-12)13(20)18(5)7-10(19)17(3)4/h6,8H,7H2,1-5H3. The quantitative estimate of drug-likeness (QED) is 0.843. The smallest absolute Gasteiger partial charge is 0.274 e. The molecule has 2 amide bonds. The number of nitrogens with zero attached hydrogens (tertiary/aromatic N) is 4. The van der Waals surface area contributed by atoms with Crippen molar-refractivity contribution in [1.29, 1.82) is 0 Å². The molecule has 0 saturated carbocycles. The Kier molecular flexibility index (Phi) is 5.44. The molecule has 0 atom stereocenters. The second-order valence-electron chi connectivity index (χ2n) is 5.03. The van der Waals surface area contributed by atoms with Crippen molar-refractivity contribution in [3.8, 4) is 0 Å². The van der Waals surface area contributed by atoms with E-state index in [2.05, 4.69) is 9.97 Å². The molecule has 0 radical (unpaired) electrons. The number of likely N-dealkylation sites (N-methyl/N-ethyl adjacent to an activating group) is 2. The Bertz CT molecular complexity index is 517. The maximum atomic E-state index is 12.3. The highest BCUT2D eigenvalue weighted by molar-refractivity contribution is 6.33. The lowest BCUT2D eigenvalue weighted by Crippen LogP contribution is -2.38. The van der Waals surface area contributed by atoms with Gasteiger partial charge in [-0.25, -0.2) is 9.97 Å².